The number of rotatable bonds is 4. The Labute approximate surface area is 117 Å². The minimum atomic E-state index is -0.148. The fourth-order valence-electron chi connectivity index (χ4n) is 1.36. The Kier molecular flexibility index (Phi) is 8.16. The van der Waals surface area contributed by atoms with Crippen LogP contribution < -0.4 is 5.32 Å². The molecule has 1 rings (SSSR count). The van der Waals surface area contributed by atoms with E-state index in [2.05, 4.69) is 27.9 Å². The van der Waals surface area contributed by atoms with Crippen LogP contribution >= 0.6 is 22.6 Å². The van der Waals surface area contributed by atoms with E-state index < -0.39 is 0 Å². The number of phenols is 1. The molecule has 0 aliphatic rings. The molecule has 0 aliphatic carbocycles. The van der Waals surface area contributed by atoms with E-state index in [4.69, 9.17) is 0 Å². The molecule has 2 N–H and O–H groups in total. The van der Waals surface area contributed by atoms with Crippen LogP contribution in [0.15, 0.2) is 18.2 Å². The molecule has 1 aromatic carbocycles. The highest BCUT2D eigenvalue weighted by atomic mass is 127. The summed E-state index contributed by atoms with van der Waals surface area (Å²) in [5, 5.41) is 12.3. The zero-order valence-electron chi connectivity index (χ0n) is 10.7. The van der Waals surface area contributed by atoms with Crippen molar-refractivity contribution in [3.8, 4) is 5.75 Å². The number of likely N-dealkylation sites (N-methyl/N-ethyl adjacent to an activating group) is 1. The molecule has 96 valence electrons. The van der Waals surface area contributed by atoms with Gasteiger partial charge in [-0.2, -0.15) is 0 Å². The Morgan fingerprint density at radius 3 is 2.47 bits per heavy atom. The minimum Gasteiger partial charge on any atom is -0.507 e. The Morgan fingerprint density at radius 1 is 1.47 bits per heavy atom. The van der Waals surface area contributed by atoms with E-state index in [1.165, 1.54) is 0 Å². The molecule has 3 nitrogen and oxygen atoms in total. The summed E-state index contributed by atoms with van der Waals surface area (Å²) in [5.74, 6) is 0.406. The zero-order chi connectivity index (χ0) is 13.4. The van der Waals surface area contributed by atoms with Gasteiger partial charge in [0, 0.05) is 0 Å². The van der Waals surface area contributed by atoms with Crippen LogP contribution in [0.25, 0.3) is 0 Å². The van der Waals surface area contributed by atoms with Crippen molar-refractivity contribution in [2.45, 2.75) is 33.2 Å². The number of ketones is 1. The van der Waals surface area contributed by atoms with E-state index in [-0.39, 0.29) is 17.6 Å². The van der Waals surface area contributed by atoms with Crippen LogP contribution in [0.5, 0.6) is 5.75 Å². The van der Waals surface area contributed by atoms with E-state index >= 15 is 0 Å². The van der Waals surface area contributed by atoms with Crippen molar-refractivity contribution in [1.82, 2.24) is 5.32 Å². The first-order chi connectivity index (χ1) is 8.04. The number of Topliss-reactive ketones (excluding diaryl/α,β-unsaturated/α-hetero) is 1. The molecule has 4 heteroatoms. The minimum absolute atomic E-state index is 0.126. The number of carbonyl (C=O) groups excluding carboxylic acids is 1. The first-order valence-corrected chi connectivity index (χ1v) is 6.77. The van der Waals surface area contributed by atoms with Gasteiger partial charge in [0.15, 0.2) is 0 Å². The van der Waals surface area contributed by atoms with Gasteiger partial charge in [-0.15, -0.1) is 0 Å². The molecule has 1 atom stereocenters. The lowest BCUT2D eigenvalue weighted by molar-refractivity contribution is -0.118. The summed E-state index contributed by atoms with van der Waals surface area (Å²) in [6.45, 7) is 5.58. The van der Waals surface area contributed by atoms with Gasteiger partial charge in [0.05, 0.1) is 9.61 Å². The summed E-state index contributed by atoms with van der Waals surface area (Å²) in [7, 11) is 1.78. The second-order valence-electron chi connectivity index (χ2n) is 3.44. The topological polar surface area (TPSA) is 49.3 Å². The maximum Gasteiger partial charge on any atom is 0.147 e. The Balaban J connectivity index is 0.00000121. The third-order valence-corrected chi connectivity index (χ3v) is 3.16. The van der Waals surface area contributed by atoms with Crippen LogP contribution in [0, 0.1) is 3.57 Å². The number of hydrogen-bond donors (Lipinski definition) is 2. The summed E-state index contributed by atoms with van der Waals surface area (Å²) in [6, 6.07) is 5.24. The zero-order valence-corrected chi connectivity index (χ0v) is 12.9. The SMILES string of the molecule is CC.CN[C@@H](Cc1ccc(O)c(I)c1)C(C)=O. The van der Waals surface area contributed by atoms with Crippen molar-refractivity contribution in [3.63, 3.8) is 0 Å². The molecule has 0 amide bonds. The number of benzene rings is 1. The standard InChI is InChI=1S/C11H14INO2.C2H6/c1-7(14)10(13-2)6-8-3-4-11(15)9(12)5-8;1-2/h3-5,10,13,15H,6H2,1-2H3;1-2H3/t10-;/m0./s1. The summed E-state index contributed by atoms with van der Waals surface area (Å²) in [4.78, 5) is 11.2. The van der Waals surface area contributed by atoms with Crippen LogP contribution in [0.1, 0.15) is 26.3 Å². The first-order valence-electron chi connectivity index (χ1n) is 5.69. The van der Waals surface area contributed by atoms with Gasteiger partial charge in [0.25, 0.3) is 0 Å². The molecule has 0 bridgehead atoms. The third-order valence-electron chi connectivity index (χ3n) is 2.29. The van der Waals surface area contributed by atoms with Crippen LogP contribution in [0.2, 0.25) is 0 Å². The van der Waals surface area contributed by atoms with Gasteiger partial charge in [-0.3, -0.25) is 4.79 Å². The average molecular weight is 349 g/mol. The van der Waals surface area contributed by atoms with E-state index in [9.17, 15) is 9.90 Å². The lowest BCUT2D eigenvalue weighted by Crippen LogP contribution is -2.34. The Morgan fingerprint density at radius 2 is 2.06 bits per heavy atom. The van der Waals surface area contributed by atoms with Gasteiger partial charge < -0.3 is 10.4 Å². The summed E-state index contributed by atoms with van der Waals surface area (Å²) >= 11 is 2.07. The molecular formula is C13H20INO2. The molecule has 0 unspecified atom stereocenters. The molecule has 17 heavy (non-hydrogen) atoms. The molecule has 0 saturated heterocycles. The number of aromatic hydroxyl groups is 1. The average Bonchev–Trinajstić information content (AvgIpc) is 2.32. The molecular weight excluding hydrogens is 329 g/mol. The van der Waals surface area contributed by atoms with Crippen molar-refractivity contribution in [3.05, 3.63) is 27.3 Å². The molecule has 0 aromatic heterocycles. The van der Waals surface area contributed by atoms with Crippen molar-refractivity contribution in [2.75, 3.05) is 7.05 Å². The predicted octanol–water partition coefficient (Wildman–Crippen LogP) is 2.74. The van der Waals surface area contributed by atoms with E-state index in [1.807, 2.05) is 26.0 Å². The van der Waals surface area contributed by atoms with E-state index in [1.54, 1.807) is 20.0 Å². The van der Waals surface area contributed by atoms with Crippen molar-refractivity contribution >= 4 is 28.4 Å². The number of nitrogens with one attached hydrogen (secondary N) is 1. The van der Waals surface area contributed by atoms with Gasteiger partial charge >= 0.3 is 0 Å². The summed E-state index contributed by atoms with van der Waals surface area (Å²) in [6.07, 6.45) is 0.655. The lowest BCUT2D eigenvalue weighted by Gasteiger charge is -2.12. The second-order valence-corrected chi connectivity index (χ2v) is 4.60. The molecule has 0 spiro atoms. The Bertz CT molecular complexity index is 366. The number of hydrogen-bond acceptors (Lipinski definition) is 3. The molecule has 0 saturated carbocycles. The number of phenolic OH excluding ortho intramolecular Hbond substituents is 1. The normalized spacial score (nSPS) is 11.4. The molecule has 0 aliphatic heterocycles. The highest BCUT2D eigenvalue weighted by Gasteiger charge is 2.12. The third kappa shape index (κ3) is 5.50. The predicted molar refractivity (Wildman–Crippen MR) is 79.4 cm³/mol. The van der Waals surface area contributed by atoms with Crippen LogP contribution in [0.4, 0.5) is 0 Å². The number of halogens is 1. The van der Waals surface area contributed by atoms with Gasteiger partial charge in [-0.25, -0.2) is 0 Å². The second kappa shape index (κ2) is 8.47. The van der Waals surface area contributed by atoms with Gasteiger partial charge in [-0.1, -0.05) is 19.9 Å². The van der Waals surface area contributed by atoms with Crippen molar-refractivity contribution in [1.29, 1.82) is 0 Å². The largest absolute Gasteiger partial charge is 0.507 e. The van der Waals surface area contributed by atoms with Crippen molar-refractivity contribution in [2.24, 2.45) is 0 Å². The maximum atomic E-state index is 11.2. The number of carbonyl (C=O) groups is 1. The van der Waals surface area contributed by atoms with Crippen molar-refractivity contribution < 1.29 is 9.90 Å². The molecule has 0 radical (unpaired) electrons. The molecule has 0 fully saturated rings. The maximum absolute atomic E-state index is 11.2. The van der Waals surface area contributed by atoms with Crippen LogP contribution in [0.3, 0.4) is 0 Å². The summed E-state index contributed by atoms with van der Waals surface area (Å²) in [5.41, 5.74) is 1.05. The van der Waals surface area contributed by atoms with Gasteiger partial charge in [0.1, 0.15) is 11.5 Å². The Hall–Kier alpha value is -0.620. The smallest absolute Gasteiger partial charge is 0.147 e. The molecule has 0 heterocycles. The van der Waals surface area contributed by atoms with Gasteiger partial charge in [0.2, 0.25) is 0 Å². The lowest BCUT2D eigenvalue weighted by atomic mass is 10.0. The fourth-order valence-corrected chi connectivity index (χ4v) is 1.94. The van der Waals surface area contributed by atoms with Gasteiger partial charge in [-0.05, 0) is 60.7 Å². The monoisotopic (exact) mass is 349 g/mol. The highest BCUT2D eigenvalue weighted by molar-refractivity contribution is 14.1. The van der Waals surface area contributed by atoms with E-state index in [0.717, 1.165) is 9.13 Å². The molecule has 1 aromatic rings. The van der Waals surface area contributed by atoms with Crippen LogP contribution in [-0.4, -0.2) is 24.0 Å². The quantitative estimate of drug-likeness (QED) is 0.822. The van der Waals surface area contributed by atoms with E-state index in [0.29, 0.717) is 6.42 Å². The van der Waals surface area contributed by atoms with Crippen LogP contribution in [-0.2, 0) is 11.2 Å². The highest BCUT2D eigenvalue weighted by Crippen LogP contribution is 2.20. The fraction of sp³-hybridized carbons (Fsp3) is 0.462. The first kappa shape index (κ1) is 16.4. The summed E-state index contributed by atoms with van der Waals surface area (Å²) < 4.78 is 0.809.